The van der Waals surface area contributed by atoms with Crippen LogP contribution in [0.25, 0.3) is 0 Å². The molecule has 3 aromatic rings. The van der Waals surface area contributed by atoms with Gasteiger partial charge >= 0.3 is 0 Å². The number of carbonyl (C=O) groups is 1. The molecule has 0 aliphatic carbocycles. The third-order valence-electron chi connectivity index (χ3n) is 5.03. The molecule has 1 aromatic heterocycles. The summed E-state index contributed by atoms with van der Waals surface area (Å²) in [6.07, 6.45) is 3.46. The largest absolute Gasteiger partial charge is 0.381 e. The minimum atomic E-state index is -0.345. The third kappa shape index (κ3) is 4.43. The fourth-order valence-corrected chi connectivity index (χ4v) is 3.50. The average molecular weight is 391 g/mol. The van der Waals surface area contributed by atoms with Gasteiger partial charge in [-0.15, -0.1) is 0 Å². The molecule has 1 fully saturated rings. The fraction of sp³-hybridized carbons (Fsp3) is 0.217. The van der Waals surface area contributed by atoms with Crippen LogP contribution in [0.5, 0.6) is 0 Å². The number of halogens is 1. The van der Waals surface area contributed by atoms with Crippen LogP contribution in [0, 0.1) is 5.82 Å². The fourth-order valence-electron chi connectivity index (χ4n) is 3.50. The molecule has 6 heteroatoms. The zero-order chi connectivity index (χ0) is 20.1. The lowest BCUT2D eigenvalue weighted by molar-refractivity contribution is -0.149. The smallest absolute Gasteiger partial charge is 0.249 e. The summed E-state index contributed by atoms with van der Waals surface area (Å²) in [6, 6.07) is 18.1. The van der Waals surface area contributed by atoms with Gasteiger partial charge in [0.1, 0.15) is 12.4 Å². The van der Waals surface area contributed by atoms with E-state index in [4.69, 9.17) is 4.74 Å². The molecular weight excluding hydrogens is 369 g/mol. The third-order valence-corrected chi connectivity index (χ3v) is 5.03. The van der Waals surface area contributed by atoms with Gasteiger partial charge in [0.25, 0.3) is 0 Å². The van der Waals surface area contributed by atoms with Gasteiger partial charge in [0.2, 0.25) is 5.91 Å². The molecule has 2 aromatic carbocycles. The number of ether oxygens (including phenoxy) is 1. The van der Waals surface area contributed by atoms with Crippen molar-refractivity contribution in [2.75, 3.05) is 18.5 Å². The predicted molar refractivity (Wildman–Crippen MR) is 109 cm³/mol. The molecule has 1 saturated heterocycles. The first-order valence-corrected chi connectivity index (χ1v) is 9.54. The van der Waals surface area contributed by atoms with Crippen LogP contribution in [0.2, 0.25) is 0 Å². The van der Waals surface area contributed by atoms with Gasteiger partial charge in [0.05, 0.1) is 12.6 Å². The van der Waals surface area contributed by atoms with Crippen LogP contribution in [0.15, 0.2) is 73.1 Å². The van der Waals surface area contributed by atoms with Gasteiger partial charge in [-0.05, 0) is 17.7 Å². The predicted octanol–water partition coefficient (Wildman–Crippen LogP) is 3.93. The van der Waals surface area contributed by atoms with Crippen molar-refractivity contribution in [2.45, 2.75) is 19.1 Å². The molecule has 148 valence electrons. The summed E-state index contributed by atoms with van der Waals surface area (Å²) in [5, 5.41) is 3.43. The number of carbonyl (C=O) groups excluding carboxylic acids is 1. The first-order valence-electron chi connectivity index (χ1n) is 9.54. The average Bonchev–Trinajstić information content (AvgIpc) is 2.76. The van der Waals surface area contributed by atoms with Crippen LogP contribution in [0.4, 0.5) is 10.1 Å². The first-order chi connectivity index (χ1) is 14.2. The van der Waals surface area contributed by atoms with E-state index in [0.29, 0.717) is 18.7 Å². The lowest BCUT2D eigenvalue weighted by Gasteiger charge is -2.36. The Kier molecular flexibility index (Phi) is 5.81. The van der Waals surface area contributed by atoms with Crippen molar-refractivity contribution in [3.63, 3.8) is 0 Å². The second kappa shape index (κ2) is 8.84. The molecule has 0 radical (unpaired) electrons. The van der Waals surface area contributed by atoms with E-state index in [1.54, 1.807) is 35.5 Å². The Morgan fingerprint density at radius 2 is 1.90 bits per heavy atom. The molecule has 1 unspecified atom stereocenters. The van der Waals surface area contributed by atoms with Gasteiger partial charge in [0.15, 0.2) is 0 Å². The van der Waals surface area contributed by atoms with E-state index in [1.807, 2.05) is 36.4 Å². The van der Waals surface area contributed by atoms with E-state index in [-0.39, 0.29) is 30.9 Å². The molecule has 1 aliphatic rings. The minimum Gasteiger partial charge on any atom is -0.381 e. The number of anilines is 1. The van der Waals surface area contributed by atoms with E-state index in [0.717, 1.165) is 16.8 Å². The maximum Gasteiger partial charge on any atom is 0.249 e. The number of nitrogens with zero attached hydrogens (tertiary/aromatic N) is 2. The summed E-state index contributed by atoms with van der Waals surface area (Å²) in [6.45, 7) is 1.17. The van der Waals surface area contributed by atoms with E-state index in [9.17, 15) is 9.18 Å². The Morgan fingerprint density at radius 3 is 2.72 bits per heavy atom. The summed E-state index contributed by atoms with van der Waals surface area (Å²) in [7, 11) is 0. The highest BCUT2D eigenvalue weighted by molar-refractivity contribution is 5.79. The monoisotopic (exact) mass is 391 g/mol. The van der Waals surface area contributed by atoms with Crippen molar-refractivity contribution < 1.29 is 13.9 Å². The Morgan fingerprint density at radius 1 is 1.10 bits per heavy atom. The topological polar surface area (TPSA) is 54.5 Å². The molecule has 0 spiro atoms. The van der Waals surface area contributed by atoms with E-state index >= 15 is 0 Å². The lowest BCUT2D eigenvalue weighted by Crippen LogP contribution is -2.44. The van der Waals surface area contributed by atoms with Crippen LogP contribution in [-0.2, 0) is 22.6 Å². The summed E-state index contributed by atoms with van der Waals surface area (Å²) < 4.78 is 19.7. The minimum absolute atomic E-state index is 0.00199. The molecule has 5 nitrogen and oxygen atoms in total. The zero-order valence-electron chi connectivity index (χ0n) is 15.9. The van der Waals surface area contributed by atoms with E-state index in [2.05, 4.69) is 10.3 Å². The quantitative estimate of drug-likeness (QED) is 0.692. The van der Waals surface area contributed by atoms with Crippen LogP contribution in [0.3, 0.4) is 0 Å². The zero-order valence-corrected chi connectivity index (χ0v) is 15.9. The van der Waals surface area contributed by atoms with Crippen LogP contribution in [-0.4, -0.2) is 29.0 Å². The first kappa shape index (κ1) is 19.1. The summed E-state index contributed by atoms with van der Waals surface area (Å²) >= 11 is 0. The summed E-state index contributed by atoms with van der Waals surface area (Å²) in [5.41, 5.74) is 3.36. The molecule has 1 N–H and O–H groups in total. The standard InChI is InChI=1S/C23H22FN3O2/c24-20-9-5-4-8-18(20)14-27-22(15-29-16-23(27)28)19-13-25-11-10-21(19)26-12-17-6-2-1-3-7-17/h1-11,13,22H,12,14-16H2,(H,25,26). The normalized spacial score (nSPS) is 16.7. The molecular formula is C23H22FN3O2. The second-order valence-electron chi connectivity index (χ2n) is 6.95. The van der Waals surface area contributed by atoms with Crippen molar-refractivity contribution in [3.8, 4) is 0 Å². The number of benzene rings is 2. The highest BCUT2D eigenvalue weighted by Crippen LogP contribution is 2.31. The van der Waals surface area contributed by atoms with Crippen molar-refractivity contribution in [1.29, 1.82) is 0 Å². The molecule has 0 bridgehead atoms. The Hall–Kier alpha value is -3.25. The molecule has 29 heavy (non-hydrogen) atoms. The van der Waals surface area contributed by atoms with Crippen LogP contribution < -0.4 is 5.32 Å². The maximum absolute atomic E-state index is 14.2. The maximum atomic E-state index is 14.2. The van der Waals surface area contributed by atoms with Gasteiger partial charge in [-0.2, -0.15) is 0 Å². The number of amides is 1. The van der Waals surface area contributed by atoms with Gasteiger partial charge in [-0.1, -0.05) is 48.5 Å². The number of nitrogens with one attached hydrogen (secondary N) is 1. The van der Waals surface area contributed by atoms with Crippen LogP contribution >= 0.6 is 0 Å². The van der Waals surface area contributed by atoms with Crippen molar-refractivity contribution in [2.24, 2.45) is 0 Å². The molecule has 2 heterocycles. The van der Waals surface area contributed by atoms with Gasteiger partial charge in [0, 0.05) is 42.3 Å². The summed E-state index contributed by atoms with van der Waals surface area (Å²) in [5.74, 6) is -0.485. The number of hydrogen-bond donors (Lipinski definition) is 1. The number of aromatic nitrogens is 1. The van der Waals surface area contributed by atoms with Crippen molar-refractivity contribution in [1.82, 2.24) is 9.88 Å². The van der Waals surface area contributed by atoms with E-state index < -0.39 is 0 Å². The van der Waals surface area contributed by atoms with Crippen molar-refractivity contribution in [3.05, 3.63) is 95.6 Å². The second-order valence-corrected chi connectivity index (χ2v) is 6.95. The highest BCUT2D eigenvalue weighted by Gasteiger charge is 2.32. The van der Waals surface area contributed by atoms with Gasteiger partial charge in [-0.3, -0.25) is 9.78 Å². The Labute approximate surface area is 169 Å². The number of rotatable bonds is 6. The number of morpholine rings is 1. The highest BCUT2D eigenvalue weighted by atomic mass is 19.1. The summed E-state index contributed by atoms with van der Waals surface area (Å²) in [4.78, 5) is 18.5. The van der Waals surface area contributed by atoms with Gasteiger partial charge in [-0.25, -0.2) is 4.39 Å². The van der Waals surface area contributed by atoms with Crippen LogP contribution in [0.1, 0.15) is 22.7 Å². The van der Waals surface area contributed by atoms with Gasteiger partial charge < -0.3 is 15.0 Å². The van der Waals surface area contributed by atoms with Crippen molar-refractivity contribution >= 4 is 11.6 Å². The Balaban J connectivity index is 1.59. The Bertz CT molecular complexity index is 981. The molecule has 0 saturated carbocycles. The molecule has 1 amide bonds. The SMILES string of the molecule is O=C1COCC(c2cnccc2NCc2ccccc2)N1Cc1ccccc1F. The molecule has 4 rings (SSSR count). The number of hydrogen-bond acceptors (Lipinski definition) is 4. The molecule has 1 atom stereocenters. The number of pyridine rings is 1. The molecule has 1 aliphatic heterocycles. The lowest BCUT2D eigenvalue weighted by atomic mass is 10.0. The van der Waals surface area contributed by atoms with E-state index in [1.165, 1.54) is 6.07 Å².